The Morgan fingerprint density at radius 3 is 2.91 bits per heavy atom. The fourth-order valence-electron chi connectivity index (χ4n) is 4.16. The van der Waals surface area contributed by atoms with Crippen molar-refractivity contribution in [3.8, 4) is 17.1 Å². The van der Waals surface area contributed by atoms with Crippen molar-refractivity contribution in [3.63, 3.8) is 0 Å². The third-order valence-electron chi connectivity index (χ3n) is 5.80. The number of carbonyl (C=O) groups is 1. The molecule has 5 rings (SSSR count). The van der Waals surface area contributed by atoms with E-state index in [0.29, 0.717) is 26.1 Å². The number of ether oxygens (including phenoxy) is 1. The van der Waals surface area contributed by atoms with E-state index in [2.05, 4.69) is 14.5 Å². The average Bonchev–Trinajstić information content (AvgIpc) is 3.42. The van der Waals surface area contributed by atoms with Crippen LogP contribution in [0.15, 0.2) is 49.1 Å². The van der Waals surface area contributed by atoms with Gasteiger partial charge >= 0.3 is 6.09 Å². The molecule has 0 radical (unpaired) electrons. The van der Waals surface area contributed by atoms with Gasteiger partial charge in [-0.1, -0.05) is 0 Å². The van der Waals surface area contributed by atoms with E-state index in [0.717, 1.165) is 39.5 Å². The van der Waals surface area contributed by atoms with Crippen molar-refractivity contribution in [2.45, 2.75) is 26.4 Å². The first-order chi connectivity index (χ1) is 15.5. The van der Waals surface area contributed by atoms with Crippen LogP contribution in [0.3, 0.4) is 0 Å². The van der Waals surface area contributed by atoms with E-state index in [1.54, 1.807) is 10.9 Å². The molecule has 0 saturated carbocycles. The Hall–Kier alpha value is -3.72. The molecule has 4 aromatic rings. The van der Waals surface area contributed by atoms with Crippen LogP contribution in [-0.2, 0) is 11.2 Å². The van der Waals surface area contributed by atoms with Crippen molar-refractivity contribution in [3.05, 3.63) is 65.9 Å². The second-order valence-electron chi connectivity index (χ2n) is 8.07. The molecule has 9 nitrogen and oxygen atoms in total. The SMILES string of the molecule is Cc1ccn2c(C[C@H]3CN(C(=O)O)CCO3)c(-c3cnc(-n4cccn4)cc3C)nc2c1. The minimum atomic E-state index is -0.915. The number of morpholine rings is 1. The van der Waals surface area contributed by atoms with Gasteiger partial charge in [-0.25, -0.2) is 19.4 Å². The van der Waals surface area contributed by atoms with Crippen molar-refractivity contribution in [2.75, 3.05) is 19.7 Å². The van der Waals surface area contributed by atoms with Crippen molar-refractivity contribution in [1.29, 1.82) is 0 Å². The maximum Gasteiger partial charge on any atom is 0.407 e. The lowest BCUT2D eigenvalue weighted by Crippen LogP contribution is -2.45. The van der Waals surface area contributed by atoms with Crippen molar-refractivity contribution < 1.29 is 14.6 Å². The van der Waals surface area contributed by atoms with Crippen LogP contribution in [0.1, 0.15) is 16.8 Å². The maximum absolute atomic E-state index is 11.5. The molecule has 5 heterocycles. The maximum atomic E-state index is 11.5. The molecule has 0 unspecified atom stereocenters. The Kier molecular flexibility index (Phi) is 5.10. The Bertz CT molecular complexity index is 1280. The molecule has 0 aliphatic carbocycles. The summed E-state index contributed by atoms with van der Waals surface area (Å²) in [6.45, 7) is 5.19. The predicted molar refractivity (Wildman–Crippen MR) is 118 cm³/mol. The van der Waals surface area contributed by atoms with Crippen LogP contribution < -0.4 is 0 Å². The summed E-state index contributed by atoms with van der Waals surface area (Å²) >= 11 is 0. The van der Waals surface area contributed by atoms with Crippen LogP contribution in [0.5, 0.6) is 0 Å². The third kappa shape index (κ3) is 3.71. The van der Waals surface area contributed by atoms with E-state index in [4.69, 9.17) is 9.72 Å². The van der Waals surface area contributed by atoms with E-state index < -0.39 is 6.09 Å². The molecule has 1 saturated heterocycles. The van der Waals surface area contributed by atoms with E-state index in [9.17, 15) is 9.90 Å². The van der Waals surface area contributed by atoms with Gasteiger partial charge in [-0.2, -0.15) is 5.10 Å². The number of carboxylic acid groups (broad SMARTS) is 1. The van der Waals surface area contributed by atoms with Gasteiger partial charge in [0.15, 0.2) is 5.82 Å². The lowest BCUT2D eigenvalue weighted by molar-refractivity contribution is -0.0214. The summed E-state index contributed by atoms with van der Waals surface area (Å²) in [6.07, 6.45) is 6.81. The number of imidazole rings is 1. The fourth-order valence-corrected chi connectivity index (χ4v) is 4.16. The molecule has 0 spiro atoms. The number of fused-ring (bicyclic) bond motifs is 1. The Labute approximate surface area is 184 Å². The Morgan fingerprint density at radius 2 is 2.16 bits per heavy atom. The number of aromatic nitrogens is 5. The zero-order chi connectivity index (χ0) is 22.2. The zero-order valence-corrected chi connectivity index (χ0v) is 18.0. The summed E-state index contributed by atoms with van der Waals surface area (Å²) in [4.78, 5) is 22.4. The highest BCUT2D eigenvalue weighted by atomic mass is 16.5. The normalized spacial score (nSPS) is 16.6. The number of hydrogen-bond acceptors (Lipinski definition) is 5. The van der Waals surface area contributed by atoms with Gasteiger partial charge in [0.1, 0.15) is 5.65 Å². The monoisotopic (exact) mass is 432 g/mol. The highest BCUT2D eigenvalue weighted by molar-refractivity contribution is 5.70. The van der Waals surface area contributed by atoms with E-state index in [1.165, 1.54) is 4.90 Å². The Balaban J connectivity index is 1.56. The summed E-state index contributed by atoms with van der Waals surface area (Å²) in [5.74, 6) is 0.741. The van der Waals surface area contributed by atoms with Gasteiger partial charge in [0.25, 0.3) is 0 Å². The molecule has 4 aromatic heterocycles. The molecular formula is C23H24N6O3. The minimum absolute atomic E-state index is 0.239. The average molecular weight is 432 g/mol. The van der Waals surface area contributed by atoms with Crippen LogP contribution in [0.25, 0.3) is 22.7 Å². The van der Waals surface area contributed by atoms with Gasteiger partial charge in [0.05, 0.1) is 30.6 Å². The molecule has 1 aliphatic rings. The summed E-state index contributed by atoms with van der Waals surface area (Å²) in [6, 6.07) is 7.93. The lowest BCUT2D eigenvalue weighted by Gasteiger charge is -2.31. The second kappa shape index (κ2) is 8.08. The van der Waals surface area contributed by atoms with Gasteiger partial charge in [-0.15, -0.1) is 0 Å². The molecular weight excluding hydrogens is 408 g/mol. The third-order valence-corrected chi connectivity index (χ3v) is 5.80. The summed E-state index contributed by atoms with van der Waals surface area (Å²) in [7, 11) is 0. The smallest absolute Gasteiger partial charge is 0.407 e. The number of nitrogens with zero attached hydrogens (tertiary/aromatic N) is 6. The molecule has 164 valence electrons. The standard InChI is InChI=1S/C23H24N6O3/c1-15-4-7-28-19(12-17-14-27(23(30)31)8-9-32-17)22(26-21(28)10-15)18-13-24-20(11-16(18)2)29-6-3-5-25-29/h3-7,10-11,13,17H,8-9,12,14H2,1-2H3,(H,30,31)/t17-/m0/s1. The first kappa shape index (κ1) is 20.2. The number of pyridine rings is 2. The number of hydrogen-bond donors (Lipinski definition) is 1. The van der Waals surface area contributed by atoms with Gasteiger partial charge in [0, 0.05) is 43.3 Å². The quantitative estimate of drug-likeness (QED) is 0.532. The molecule has 32 heavy (non-hydrogen) atoms. The molecule has 9 heteroatoms. The van der Waals surface area contributed by atoms with Gasteiger partial charge in [-0.3, -0.25) is 0 Å². The predicted octanol–water partition coefficient (Wildman–Crippen LogP) is 3.12. The van der Waals surface area contributed by atoms with Crippen LogP contribution in [-0.4, -0.2) is 66.0 Å². The van der Waals surface area contributed by atoms with Gasteiger partial charge < -0.3 is 19.1 Å². The molecule has 1 amide bonds. The van der Waals surface area contributed by atoms with E-state index >= 15 is 0 Å². The first-order valence-electron chi connectivity index (χ1n) is 10.5. The molecule has 1 atom stereocenters. The van der Waals surface area contributed by atoms with Crippen molar-refractivity contribution >= 4 is 11.7 Å². The molecule has 0 aromatic carbocycles. The topological polar surface area (TPSA) is 97.8 Å². The fraction of sp³-hybridized carbons (Fsp3) is 0.304. The highest BCUT2D eigenvalue weighted by Gasteiger charge is 2.27. The van der Waals surface area contributed by atoms with Crippen LogP contribution >= 0.6 is 0 Å². The molecule has 1 aliphatic heterocycles. The van der Waals surface area contributed by atoms with Crippen LogP contribution in [0.4, 0.5) is 4.79 Å². The second-order valence-corrected chi connectivity index (χ2v) is 8.07. The molecule has 1 fully saturated rings. The highest BCUT2D eigenvalue weighted by Crippen LogP contribution is 2.30. The van der Waals surface area contributed by atoms with E-state index in [-0.39, 0.29) is 6.10 Å². The van der Waals surface area contributed by atoms with Crippen LogP contribution in [0, 0.1) is 13.8 Å². The molecule has 0 bridgehead atoms. The lowest BCUT2D eigenvalue weighted by atomic mass is 10.0. The summed E-state index contributed by atoms with van der Waals surface area (Å²) in [5.41, 5.74) is 5.75. The van der Waals surface area contributed by atoms with Gasteiger partial charge in [-0.05, 0) is 49.2 Å². The summed E-state index contributed by atoms with van der Waals surface area (Å²) < 4.78 is 9.71. The van der Waals surface area contributed by atoms with E-state index in [1.807, 2.05) is 56.7 Å². The molecule has 1 N–H and O–H groups in total. The van der Waals surface area contributed by atoms with Crippen LogP contribution in [0.2, 0.25) is 0 Å². The Morgan fingerprint density at radius 1 is 1.28 bits per heavy atom. The largest absolute Gasteiger partial charge is 0.465 e. The number of aryl methyl sites for hydroxylation is 2. The number of rotatable bonds is 4. The van der Waals surface area contributed by atoms with Crippen molar-refractivity contribution in [2.24, 2.45) is 0 Å². The summed E-state index contributed by atoms with van der Waals surface area (Å²) in [5, 5.41) is 13.7. The van der Waals surface area contributed by atoms with Gasteiger partial charge in [0.2, 0.25) is 0 Å². The minimum Gasteiger partial charge on any atom is -0.465 e. The zero-order valence-electron chi connectivity index (χ0n) is 18.0. The van der Waals surface area contributed by atoms with Crippen molar-refractivity contribution in [1.82, 2.24) is 29.0 Å². The number of amides is 1. The first-order valence-corrected chi connectivity index (χ1v) is 10.5.